The normalized spacial score (nSPS) is 16.5. The summed E-state index contributed by atoms with van der Waals surface area (Å²) in [6.45, 7) is 1.06. The van der Waals surface area contributed by atoms with Gasteiger partial charge in [-0.15, -0.1) is 0 Å². The number of carboxylic acids is 1. The highest BCUT2D eigenvalue weighted by molar-refractivity contribution is 7.92. The molecule has 2 aromatic rings. The first-order valence-corrected chi connectivity index (χ1v) is 12.9. The molecule has 39 heavy (non-hydrogen) atoms. The number of pyridine rings is 1. The SMILES string of the molecule is CC(C)(OC(=O)Cc1ccc2c(c1)N(S(=O)(=O)c1cncc(C(F)(F)F)c1)C[C@@H](CCC(=O)O)C2)C(F)(F)F. The number of fused-ring (bicyclic) bond motifs is 1. The summed E-state index contributed by atoms with van der Waals surface area (Å²) in [5.74, 6) is -2.86. The predicted molar refractivity (Wildman–Crippen MR) is 124 cm³/mol. The molecule has 0 unspecified atom stereocenters. The molecule has 0 fully saturated rings. The molecular formula is C24H24F6N2O6S. The molecule has 1 N–H and O–H groups in total. The number of hydrogen-bond donors (Lipinski definition) is 1. The molecule has 1 atom stereocenters. The number of benzene rings is 1. The summed E-state index contributed by atoms with van der Waals surface area (Å²) < 4.78 is 111. The van der Waals surface area contributed by atoms with E-state index in [0.29, 0.717) is 31.7 Å². The number of aliphatic carboxylic acids is 1. The van der Waals surface area contributed by atoms with Crippen LogP contribution < -0.4 is 4.31 Å². The molecule has 3 rings (SSSR count). The number of halogens is 6. The summed E-state index contributed by atoms with van der Waals surface area (Å²) in [7, 11) is -4.66. The van der Waals surface area contributed by atoms with E-state index in [0.717, 1.165) is 10.5 Å². The smallest absolute Gasteiger partial charge is 0.427 e. The van der Waals surface area contributed by atoms with E-state index in [4.69, 9.17) is 5.11 Å². The van der Waals surface area contributed by atoms with Gasteiger partial charge in [0.25, 0.3) is 10.0 Å². The van der Waals surface area contributed by atoms with Crippen LogP contribution in [0, 0.1) is 5.92 Å². The number of ether oxygens (including phenoxy) is 1. The molecule has 1 aromatic carbocycles. The number of esters is 1. The fourth-order valence-electron chi connectivity index (χ4n) is 3.97. The maximum Gasteiger partial charge on any atom is 0.427 e. The first kappa shape index (κ1) is 30.2. The number of anilines is 1. The zero-order chi connectivity index (χ0) is 29.4. The van der Waals surface area contributed by atoms with E-state index in [1.807, 2.05) is 0 Å². The van der Waals surface area contributed by atoms with Gasteiger partial charge in [0.05, 0.1) is 17.7 Å². The summed E-state index contributed by atoms with van der Waals surface area (Å²) in [5, 5.41) is 9.04. The van der Waals surface area contributed by atoms with Crippen LogP contribution in [-0.4, -0.2) is 48.8 Å². The van der Waals surface area contributed by atoms with E-state index in [1.165, 1.54) is 18.2 Å². The topological polar surface area (TPSA) is 114 Å². The van der Waals surface area contributed by atoms with Gasteiger partial charge in [-0.1, -0.05) is 12.1 Å². The zero-order valence-electron chi connectivity index (χ0n) is 20.6. The number of sulfonamides is 1. The van der Waals surface area contributed by atoms with Gasteiger partial charge in [0.1, 0.15) is 4.90 Å². The van der Waals surface area contributed by atoms with Gasteiger partial charge < -0.3 is 9.84 Å². The third-order valence-corrected chi connectivity index (χ3v) is 7.89. The van der Waals surface area contributed by atoms with Crippen LogP contribution in [0.2, 0.25) is 0 Å². The minimum atomic E-state index is -4.87. The van der Waals surface area contributed by atoms with Gasteiger partial charge in [-0.2, -0.15) is 26.3 Å². The van der Waals surface area contributed by atoms with E-state index in [-0.39, 0.29) is 37.1 Å². The molecule has 1 aliphatic rings. The van der Waals surface area contributed by atoms with Crippen molar-refractivity contribution in [3.63, 3.8) is 0 Å². The van der Waals surface area contributed by atoms with Gasteiger partial charge in [-0.05, 0) is 55.9 Å². The Bertz CT molecular complexity index is 1360. The highest BCUT2D eigenvalue weighted by Crippen LogP contribution is 2.38. The number of hydrogen-bond acceptors (Lipinski definition) is 6. The Morgan fingerprint density at radius 1 is 1.10 bits per heavy atom. The minimum absolute atomic E-state index is 0.000585. The fraction of sp³-hybridized carbons (Fsp3) is 0.458. The van der Waals surface area contributed by atoms with Crippen molar-refractivity contribution in [2.24, 2.45) is 5.92 Å². The van der Waals surface area contributed by atoms with Crippen LogP contribution in [0.25, 0.3) is 0 Å². The van der Waals surface area contributed by atoms with Crippen molar-refractivity contribution in [2.45, 2.75) is 62.4 Å². The Morgan fingerprint density at radius 3 is 2.36 bits per heavy atom. The lowest BCUT2D eigenvalue weighted by Crippen LogP contribution is -2.43. The lowest BCUT2D eigenvalue weighted by molar-refractivity contribution is -0.257. The Balaban J connectivity index is 2.00. The molecule has 0 radical (unpaired) electrons. The lowest BCUT2D eigenvalue weighted by atomic mass is 9.89. The van der Waals surface area contributed by atoms with Crippen molar-refractivity contribution < 1.29 is 54.2 Å². The van der Waals surface area contributed by atoms with Crippen molar-refractivity contribution in [1.82, 2.24) is 4.98 Å². The second kappa shape index (κ2) is 10.7. The molecule has 0 saturated carbocycles. The van der Waals surface area contributed by atoms with Crippen LogP contribution in [0.4, 0.5) is 32.0 Å². The average molecular weight is 583 g/mol. The summed E-state index contributed by atoms with van der Waals surface area (Å²) in [5.41, 5.74) is -3.58. The zero-order valence-corrected chi connectivity index (χ0v) is 21.5. The lowest BCUT2D eigenvalue weighted by Gasteiger charge is -2.35. The number of carbonyl (C=O) groups excluding carboxylic acids is 1. The van der Waals surface area contributed by atoms with Crippen molar-refractivity contribution in [2.75, 3.05) is 10.8 Å². The van der Waals surface area contributed by atoms with Gasteiger partial charge in [0.2, 0.25) is 5.60 Å². The molecule has 0 spiro atoms. The summed E-state index contributed by atoms with van der Waals surface area (Å²) in [6, 6.07) is 4.48. The second-order valence-electron chi connectivity index (χ2n) is 9.57. The molecule has 2 heterocycles. The van der Waals surface area contributed by atoms with Gasteiger partial charge in [0.15, 0.2) is 0 Å². The molecule has 0 bridgehead atoms. The van der Waals surface area contributed by atoms with E-state index < -0.39 is 62.7 Å². The van der Waals surface area contributed by atoms with Gasteiger partial charge in [-0.3, -0.25) is 18.9 Å². The molecule has 8 nitrogen and oxygen atoms in total. The molecular weight excluding hydrogens is 558 g/mol. The van der Waals surface area contributed by atoms with Crippen molar-refractivity contribution in [1.29, 1.82) is 0 Å². The maximum atomic E-state index is 13.5. The van der Waals surface area contributed by atoms with Crippen molar-refractivity contribution >= 4 is 27.6 Å². The molecule has 0 aliphatic carbocycles. The standard InChI is InChI=1S/C24H24F6N2O6S/c1-22(2,24(28,29)30)38-21(35)9-14-3-5-16-7-15(4-6-20(33)34)13-32(19(16)8-14)39(36,37)18-10-17(11-31-12-18)23(25,26)27/h3,5,8,10-12,15H,4,6-7,9,13H2,1-2H3,(H,33,34)/t15-/m0/s1. The first-order valence-electron chi connectivity index (χ1n) is 11.5. The van der Waals surface area contributed by atoms with E-state index >= 15 is 0 Å². The van der Waals surface area contributed by atoms with Crippen LogP contribution in [0.1, 0.15) is 43.4 Å². The first-order chi connectivity index (χ1) is 17.8. The van der Waals surface area contributed by atoms with Gasteiger partial charge in [0, 0.05) is 25.4 Å². The summed E-state index contributed by atoms with van der Waals surface area (Å²) >= 11 is 0. The number of carboxylic acid groups (broad SMARTS) is 1. The van der Waals surface area contributed by atoms with Crippen LogP contribution in [-0.2, 0) is 43.4 Å². The second-order valence-corrected chi connectivity index (χ2v) is 11.4. The van der Waals surface area contributed by atoms with Crippen LogP contribution in [0.15, 0.2) is 41.6 Å². The van der Waals surface area contributed by atoms with Gasteiger partial charge >= 0.3 is 24.3 Å². The Hall–Kier alpha value is -3.36. The van der Waals surface area contributed by atoms with Crippen molar-refractivity contribution in [3.05, 3.63) is 53.3 Å². The molecule has 1 aromatic heterocycles. The highest BCUT2D eigenvalue weighted by Gasteiger charge is 2.50. The molecule has 15 heteroatoms. The van der Waals surface area contributed by atoms with E-state index in [1.54, 1.807) is 0 Å². The van der Waals surface area contributed by atoms with Gasteiger partial charge in [-0.25, -0.2) is 8.42 Å². The Labute approximate surface area is 219 Å². The maximum absolute atomic E-state index is 13.5. The highest BCUT2D eigenvalue weighted by atomic mass is 32.2. The van der Waals surface area contributed by atoms with E-state index in [9.17, 15) is 44.3 Å². The number of aromatic nitrogens is 1. The largest absolute Gasteiger partial charge is 0.481 e. The van der Waals surface area contributed by atoms with Crippen LogP contribution in [0.3, 0.4) is 0 Å². The molecule has 0 saturated heterocycles. The predicted octanol–water partition coefficient (Wildman–Crippen LogP) is 4.76. The minimum Gasteiger partial charge on any atom is -0.481 e. The Kier molecular flexibility index (Phi) is 8.25. The van der Waals surface area contributed by atoms with Crippen LogP contribution >= 0.6 is 0 Å². The molecule has 214 valence electrons. The number of carbonyl (C=O) groups is 2. The average Bonchev–Trinajstić information content (AvgIpc) is 2.80. The quantitative estimate of drug-likeness (QED) is 0.353. The third-order valence-electron chi connectivity index (χ3n) is 6.15. The number of rotatable bonds is 8. The van der Waals surface area contributed by atoms with Crippen LogP contribution in [0.5, 0.6) is 0 Å². The van der Waals surface area contributed by atoms with E-state index in [2.05, 4.69) is 9.72 Å². The third kappa shape index (κ3) is 6.99. The Morgan fingerprint density at radius 2 is 1.77 bits per heavy atom. The summed E-state index contributed by atoms with van der Waals surface area (Å²) in [6.07, 6.45) is -9.14. The number of nitrogens with zero attached hydrogens (tertiary/aromatic N) is 2. The molecule has 0 amide bonds. The monoisotopic (exact) mass is 582 g/mol. The van der Waals surface area contributed by atoms with Crippen molar-refractivity contribution in [3.8, 4) is 0 Å². The fourth-order valence-corrected chi connectivity index (χ4v) is 5.53. The number of alkyl halides is 6. The molecule has 1 aliphatic heterocycles. The summed E-state index contributed by atoms with van der Waals surface area (Å²) in [4.78, 5) is 26.0.